The van der Waals surface area contributed by atoms with Crippen LogP contribution in [0.25, 0.3) is 11.1 Å². The minimum Gasteiger partial charge on any atom is -0.391 e. The maximum atomic E-state index is 14.5. The third kappa shape index (κ3) is 4.62. The predicted molar refractivity (Wildman–Crippen MR) is 117 cm³/mol. The van der Waals surface area contributed by atoms with Crippen molar-refractivity contribution in [3.05, 3.63) is 53.6 Å². The number of carbonyl (C=O) groups excluding carboxylic acids is 1. The normalized spacial score (nSPS) is 21.4. The second-order valence-corrected chi connectivity index (χ2v) is 10.1. The van der Waals surface area contributed by atoms with Crippen molar-refractivity contribution in [2.75, 3.05) is 30.8 Å². The summed E-state index contributed by atoms with van der Waals surface area (Å²) in [7, 11) is -3.45. The average molecular weight is 466 g/mol. The molecule has 2 atom stereocenters. The van der Waals surface area contributed by atoms with Crippen molar-refractivity contribution in [3.63, 3.8) is 0 Å². The number of benzene rings is 2. The van der Waals surface area contributed by atoms with E-state index in [1.165, 1.54) is 28.0 Å². The molecule has 0 radical (unpaired) electrons. The van der Waals surface area contributed by atoms with E-state index in [0.717, 1.165) is 11.8 Å². The van der Waals surface area contributed by atoms with E-state index in [1.54, 1.807) is 12.1 Å². The van der Waals surface area contributed by atoms with Crippen LogP contribution in [0.15, 0.2) is 36.4 Å². The quantitative estimate of drug-likeness (QED) is 0.729. The van der Waals surface area contributed by atoms with Gasteiger partial charge in [0.15, 0.2) is 0 Å². The molecule has 2 unspecified atom stereocenters. The molecular formula is C22H25F2N3O4S. The number of hydrogen-bond donors (Lipinski definition) is 2. The molecule has 0 saturated carbocycles. The second kappa shape index (κ2) is 8.76. The molecule has 1 fully saturated rings. The van der Waals surface area contributed by atoms with Crippen LogP contribution in [-0.4, -0.2) is 62.5 Å². The lowest BCUT2D eigenvalue weighted by molar-refractivity contribution is 0.126. The Hall–Kier alpha value is -2.56. The number of nitrogens with zero attached hydrogens (tertiary/aromatic N) is 2. The van der Waals surface area contributed by atoms with Gasteiger partial charge in [-0.15, -0.1) is 0 Å². The fourth-order valence-corrected chi connectivity index (χ4v) is 5.36. The molecule has 0 spiro atoms. The standard InChI is InChI=1S/C22H25F2N3O4S/c1-32(30,31)25-15-9-10-26(13-16(28)12-15)22(29)27-11-8-14-4-2-5-17(21(14)27)20-18(23)6-3-7-19(20)24/h2-7,15-16,25,28H,8-13H2,1H3. The maximum Gasteiger partial charge on any atom is 0.324 e. The van der Waals surface area contributed by atoms with Crippen LogP contribution in [0.3, 0.4) is 0 Å². The summed E-state index contributed by atoms with van der Waals surface area (Å²) < 4.78 is 54.7. The Morgan fingerprint density at radius 3 is 2.50 bits per heavy atom. The highest BCUT2D eigenvalue weighted by molar-refractivity contribution is 7.88. The van der Waals surface area contributed by atoms with Crippen LogP contribution in [0.1, 0.15) is 18.4 Å². The molecule has 2 amide bonds. The van der Waals surface area contributed by atoms with E-state index in [1.807, 2.05) is 6.07 Å². The van der Waals surface area contributed by atoms with E-state index in [2.05, 4.69) is 4.72 Å². The molecule has 172 valence electrons. The molecule has 2 heterocycles. The highest BCUT2D eigenvalue weighted by Crippen LogP contribution is 2.40. The van der Waals surface area contributed by atoms with Crippen LogP contribution < -0.4 is 9.62 Å². The number of para-hydroxylation sites is 1. The number of rotatable bonds is 3. The first kappa shape index (κ1) is 22.6. The Morgan fingerprint density at radius 1 is 1.12 bits per heavy atom. The zero-order valence-corrected chi connectivity index (χ0v) is 18.4. The molecule has 2 aliphatic heterocycles. The van der Waals surface area contributed by atoms with Crippen LogP contribution >= 0.6 is 0 Å². The van der Waals surface area contributed by atoms with Crippen LogP contribution in [0.5, 0.6) is 0 Å². The van der Waals surface area contributed by atoms with Gasteiger partial charge in [-0.1, -0.05) is 24.3 Å². The number of halogens is 2. The van der Waals surface area contributed by atoms with E-state index in [4.69, 9.17) is 0 Å². The number of aliphatic hydroxyl groups is 1. The Balaban J connectivity index is 1.63. The lowest BCUT2D eigenvalue weighted by atomic mass is 9.99. The fraction of sp³-hybridized carbons (Fsp3) is 0.409. The Bertz CT molecular complexity index is 1120. The third-order valence-corrected chi connectivity index (χ3v) is 6.61. The first-order valence-corrected chi connectivity index (χ1v) is 12.3. The molecule has 2 aromatic rings. The highest BCUT2D eigenvalue weighted by Gasteiger charge is 2.34. The molecule has 4 rings (SSSR count). The second-order valence-electron chi connectivity index (χ2n) is 8.31. The molecular weight excluding hydrogens is 440 g/mol. The monoisotopic (exact) mass is 465 g/mol. The van der Waals surface area contributed by atoms with Crippen molar-refractivity contribution < 1.29 is 27.1 Å². The predicted octanol–water partition coefficient (Wildman–Crippen LogP) is 2.49. The summed E-state index contributed by atoms with van der Waals surface area (Å²) in [6.45, 7) is 0.632. The molecule has 2 aliphatic rings. The number of fused-ring (bicyclic) bond motifs is 1. The van der Waals surface area contributed by atoms with Gasteiger partial charge >= 0.3 is 6.03 Å². The largest absolute Gasteiger partial charge is 0.391 e. The number of carbonyl (C=O) groups is 1. The summed E-state index contributed by atoms with van der Waals surface area (Å²) in [5.74, 6) is -1.42. The summed E-state index contributed by atoms with van der Waals surface area (Å²) in [6, 6.07) is 7.92. The minimum absolute atomic E-state index is 0.0445. The van der Waals surface area contributed by atoms with Crippen LogP contribution in [-0.2, 0) is 16.4 Å². The van der Waals surface area contributed by atoms with E-state index in [9.17, 15) is 27.1 Å². The van der Waals surface area contributed by atoms with Gasteiger partial charge in [-0.2, -0.15) is 0 Å². The average Bonchev–Trinajstić information content (AvgIpc) is 3.05. The van der Waals surface area contributed by atoms with Crippen molar-refractivity contribution in [2.24, 2.45) is 0 Å². The van der Waals surface area contributed by atoms with Gasteiger partial charge in [0.05, 0.1) is 23.6 Å². The SMILES string of the molecule is CS(=O)(=O)NC1CCN(C(=O)N2CCc3cccc(-c4c(F)cccc4F)c32)CC(O)C1. The lowest BCUT2D eigenvalue weighted by Crippen LogP contribution is -2.45. The van der Waals surface area contributed by atoms with Gasteiger partial charge in [-0.05, 0) is 37.0 Å². The molecule has 0 aromatic heterocycles. The lowest BCUT2D eigenvalue weighted by Gasteiger charge is -2.29. The smallest absolute Gasteiger partial charge is 0.324 e. The van der Waals surface area contributed by atoms with E-state index >= 15 is 0 Å². The Labute approximate surface area is 185 Å². The van der Waals surface area contributed by atoms with Crippen molar-refractivity contribution in [2.45, 2.75) is 31.4 Å². The van der Waals surface area contributed by atoms with Crippen molar-refractivity contribution in [1.82, 2.24) is 9.62 Å². The van der Waals surface area contributed by atoms with Crippen LogP contribution in [0.4, 0.5) is 19.3 Å². The first-order chi connectivity index (χ1) is 15.1. The van der Waals surface area contributed by atoms with E-state index < -0.39 is 33.8 Å². The Morgan fingerprint density at radius 2 is 1.81 bits per heavy atom. The number of likely N-dealkylation sites (tertiary alicyclic amines) is 1. The number of β-amino-alcohol motifs (C(OH)–C–C–N with tert-alkyl or cyclic N) is 1. The number of nitrogens with one attached hydrogen (secondary N) is 1. The molecule has 10 heteroatoms. The van der Waals surface area contributed by atoms with Gasteiger partial charge in [-0.25, -0.2) is 26.7 Å². The number of sulfonamides is 1. The Kier molecular flexibility index (Phi) is 6.19. The fourth-order valence-electron chi connectivity index (χ4n) is 4.54. The number of anilines is 1. The number of hydrogen-bond acceptors (Lipinski definition) is 4. The summed E-state index contributed by atoms with van der Waals surface area (Å²) in [6.07, 6.45) is 1.23. The molecule has 0 aliphatic carbocycles. The van der Waals surface area contributed by atoms with Crippen molar-refractivity contribution in [1.29, 1.82) is 0 Å². The van der Waals surface area contributed by atoms with E-state index in [0.29, 0.717) is 30.6 Å². The summed E-state index contributed by atoms with van der Waals surface area (Å²) >= 11 is 0. The number of amides is 2. The molecule has 7 nitrogen and oxygen atoms in total. The van der Waals surface area contributed by atoms with Crippen LogP contribution in [0, 0.1) is 11.6 Å². The minimum atomic E-state index is -3.45. The highest BCUT2D eigenvalue weighted by atomic mass is 32.2. The number of urea groups is 1. The maximum absolute atomic E-state index is 14.5. The van der Waals surface area contributed by atoms with Crippen molar-refractivity contribution in [3.8, 4) is 11.1 Å². The molecule has 1 saturated heterocycles. The summed E-state index contributed by atoms with van der Waals surface area (Å²) in [5.41, 5.74) is 1.39. The van der Waals surface area contributed by atoms with Gasteiger partial charge in [0.25, 0.3) is 0 Å². The topological polar surface area (TPSA) is 90.0 Å². The zero-order valence-electron chi connectivity index (χ0n) is 17.6. The zero-order chi connectivity index (χ0) is 23.0. The van der Waals surface area contributed by atoms with Crippen LogP contribution in [0.2, 0.25) is 0 Å². The van der Waals surface area contributed by atoms with Crippen molar-refractivity contribution >= 4 is 21.7 Å². The van der Waals surface area contributed by atoms with Gasteiger partial charge in [0.2, 0.25) is 10.0 Å². The van der Waals surface area contributed by atoms with Gasteiger partial charge in [0, 0.05) is 31.2 Å². The molecule has 2 aromatic carbocycles. The van der Waals surface area contributed by atoms with E-state index in [-0.39, 0.29) is 31.1 Å². The van der Waals surface area contributed by atoms with Gasteiger partial charge < -0.3 is 10.0 Å². The van der Waals surface area contributed by atoms with Gasteiger partial charge in [-0.3, -0.25) is 4.90 Å². The first-order valence-electron chi connectivity index (χ1n) is 10.4. The summed E-state index contributed by atoms with van der Waals surface area (Å²) in [5, 5.41) is 10.4. The molecule has 0 bridgehead atoms. The molecule has 2 N–H and O–H groups in total. The molecule has 32 heavy (non-hydrogen) atoms. The third-order valence-electron chi connectivity index (χ3n) is 5.84. The van der Waals surface area contributed by atoms with Gasteiger partial charge in [0.1, 0.15) is 11.6 Å². The number of aliphatic hydroxyl groups excluding tert-OH is 1. The summed E-state index contributed by atoms with van der Waals surface area (Å²) in [4.78, 5) is 16.4.